The Morgan fingerprint density at radius 3 is 2.85 bits per heavy atom. The van der Waals surface area contributed by atoms with Crippen molar-refractivity contribution in [3.63, 3.8) is 0 Å². The Morgan fingerprint density at radius 1 is 1.26 bits per heavy atom. The highest BCUT2D eigenvalue weighted by molar-refractivity contribution is 5.56. The Kier molecular flexibility index (Phi) is 3.96. The topological polar surface area (TPSA) is 91.0 Å². The van der Waals surface area contributed by atoms with E-state index in [2.05, 4.69) is 36.8 Å². The van der Waals surface area contributed by atoms with Crippen LogP contribution in [-0.2, 0) is 0 Å². The number of hydrogen-bond donors (Lipinski definition) is 3. The van der Waals surface area contributed by atoms with Crippen LogP contribution in [0.15, 0.2) is 12.1 Å². The second kappa shape index (κ2) is 6.37. The maximum Gasteiger partial charge on any atom is 0.230 e. The Labute approximate surface area is 159 Å². The van der Waals surface area contributed by atoms with E-state index in [0.717, 1.165) is 30.7 Å². The number of fused-ring (bicyclic) bond motifs is 1. The van der Waals surface area contributed by atoms with Gasteiger partial charge in [0.1, 0.15) is 5.82 Å². The molecule has 4 fully saturated rings. The molecule has 0 radical (unpaired) electrons. The van der Waals surface area contributed by atoms with Gasteiger partial charge in [-0.2, -0.15) is 15.1 Å². The fourth-order valence-electron chi connectivity index (χ4n) is 4.55. The summed E-state index contributed by atoms with van der Waals surface area (Å²) in [6.45, 7) is 4.60. The summed E-state index contributed by atoms with van der Waals surface area (Å²) in [5.41, 5.74) is 1.57. The van der Waals surface area contributed by atoms with Gasteiger partial charge < -0.3 is 20.3 Å². The van der Waals surface area contributed by atoms with Gasteiger partial charge in [-0.05, 0) is 39.7 Å². The molecule has 6 rings (SSSR count). The zero-order valence-electron chi connectivity index (χ0n) is 16.0. The molecule has 4 aliphatic rings. The number of ether oxygens (including phenoxy) is 1. The zero-order valence-corrected chi connectivity index (χ0v) is 16.0. The first kappa shape index (κ1) is 16.8. The molecule has 0 aromatic carbocycles. The van der Waals surface area contributed by atoms with E-state index in [1.54, 1.807) is 0 Å². The molecule has 2 aromatic heterocycles. The molecule has 2 aromatic rings. The average molecular weight is 369 g/mol. The van der Waals surface area contributed by atoms with E-state index < -0.39 is 0 Å². The summed E-state index contributed by atoms with van der Waals surface area (Å²) in [5.74, 6) is 3.52. The van der Waals surface area contributed by atoms with Crippen LogP contribution in [0, 0.1) is 5.41 Å². The molecular formula is C19H27N7O. The number of rotatable bonds is 8. The summed E-state index contributed by atoms with van der Waals surface area (Å²) in [6.07, 6.45) is 4.92. The van der Waals surface area contributed by atoms with E-state index >= 15 is 0 Å². The van der Waals surface area contributed by atoms with E-state index in [0.29, 0.717) is 29.9 Å². The molecule has 0 atom stereocenters. The van der Waals surface area contributed by atoms with Gasteiger partial charge in [0, 0.05) is 48.3 Å². The van der Waals surface area contributed by atoms with Crippen molar-refractivity contribution in [2.75, 3.05) is 37.0 Å². The lowest BCUT2D eigenvalue weighted by atomic mass is 9.70. The van der Waals surface area contributed by atoms with E-state index in [9.17, 15) is 0 Å². The number of nitrogens with zero attached hydrogens (tertiary/aromatic N) is 4. The highest BCUT2D eigenvalue weighted by Gasteiger charge is 2.55. The first-order chi connectivity index (χ1) is 13.2. The molecule has 27 heavy (non-hydrogen) atoms. The lowest BCUT2D eigenvalue weighted by Crippen LogP contribution is -2.41. The fourth-order valence-corrected chi connectivity index (χ4v) is 4.55. The van der Waals surface area contributed by atoms with E-state index in [1.807, 2.05) is 20.0 Å². The second-order valence-electron chi connectivity index (χ2n) is 8.15. The molecule has 0 unspecified atom stereocenters. The smallest absolute Gasteiger partial charge is 0.230 e. The molecule has 2 saturated heterocycles. The normalized spacial score (nSPS) is 26.1. The molecule has 0 spiro atoms. The van der Waals surface area contributed by atoms with Gasteiger partial charge in [-0.15, -0.1) is 0 Å². The van der Waals surface area contributed by atoms with Crippen LogP contribution >= 0.6 is 0 Å². The zero-order chi connectivity index (χ0) is 18.4. The summed E-state index contributed by atoms with van der Waals surface area (Å²) in [4.78, 5) is 11.8. The molecule has 4 heterocycles. The van der Waals surface area contributed by atoms with E-state index in [-0.39, 0.29) is 0 Å². The second-order valence-corrected chi connectivity index (χ2v) is 8.15. The van der Waals surface area contributed by atoms with Crippen molar-refractivity contribution in [3.05, 3.63) is 17.8 Å². The van der Waals surface area contributed by atoms with Crippen LogP contribution in [0.5, 0.6) is 5.88 Å². The molecule has 2 aliphatic carbocycles. The average Bonchev–Trinajstić information content (AvgIpc) is 3.10. The van der Waals surface area contributed by atoms with Crippen molar-refractivity contribution in [3.8, 4) is 5.88 Å². The van der Waals surface area contributed by atoms with Crippen LogP contribution in [0.25, 0.3) is 0 Å². The lowest BCUT2D eigenvalue weighted by molar-refractivity contribution is 0.196. The minimum Gasteiger partial charge on any atom is -0.478 e. The van der Waals surface area contributed by atoms with Crippen molar-refractivity contribution in [1.82, 2.24) is 25.5 Å². The number of aromatic amines is 1. The standard InChI is InChI=1S/C19H27N7O/c1-3-27-17-7-15(21-16-6-14(24-25-16)12-4-5-12)22-18(23-17)26-11-19(10-20-2)8-13(26)9-19/h6-7,12-13,20H,3-5,8-11H2,1-2H3,(H2,21,22,23,24,25). The molecule has 8 heteroatoms. The quantitative estimate of drug-likeness (QED) is 0.658. The number of anilines is 3. The summed E-state index contributed by atoms with van der Waals surface area (Å²) in [7, 11) is 2.03. The van der Waals surface area contributed by atoms with Gasteiger partial charge >= 0.3 is 0 Å². The first-order valence-corrected chi connectivity index (χ1v) is 9.93. The Bertz CT molecular complexity index is 825. The summed E-state index contributed by atoms with van der Waals surface area (Å²) >= 11 is 0. The van der Waals surface area contributed by atoms with Crippen molar-refractivity contribution in [1.29, 1.82) is 0 Å². The van der Waals surface area contributed by atoms with Crippen molar-refractivity contribution >= 4 is 17.6 Å². The first-order valence-electron chi connectivity index (χ1n) is 9.93. The molecule has 2 aliphatic heterocycles. The third-order valence-corrected chi connectivity index (χ3v) is 5.95. The van der Waals surface area contributed by atoms with Crippen LogP contribution in [0.1, 0.15) is 44.2 Å². The minimum absolute atomic E-state index is 0.374. The predicted molar refractivity (Wildman–Crippen MR) is 104 cm³/mol. The van der Waals surface area contributed by atoms with Gasteiger partial charge in [0.15, 0.2) is 5.82 Å². The molecular weight excluding hydrogens is 342 g/mol. The van der Waals surface area contributed by atoms with Crippen LogP contribution in [0.4, 0.5) is 17.6 Å². The molecule has 8 nitrogen and oxygen atoms in total. The van der Waals surface area contributed by atoms with E-state index in [1.165, 1.54) is 31.4 Å². The van der Waals surface area contributed by atoms with Crippen LogP contribution in [-0.4, -0.2) is 53.0 Å². The van der Waals surface area contributed by atoms with Crippen molar-refractivity contribution in [2.24, 2.45) is 5.41 Å². The Hall–Kier alpha value is -2.35. The SMILES string of the molecule is CCOc1cc(Nc2cc(C3CC3)[nH]n2)nc(N2CC3(CNC)CC2C3)n1. The molecule has 3 N–H and O–H groups in total. The summed E-state index contributed by atoms with van der Waals surface area (Å²) in [5, 5.41) is 14.2. The van der Waals surface area contributed by atoms with Crippen LogP contribution in [0.3, 0.4) is 0 Å². The number of H-pyrrole nitrogens is 1. The molecule has 144 valence electrons. The monoisotopic (exact) mass is 369 g/mol. The van der Waals surface area contributed by atoms with Crippen LogP contribution < -0.4 is 20.3 Å². The fraction of sp³-hybridized carbons (Fsp3) is 0.632. The van der Waals surface area contributed by atoms with Crippen LogP contribution in [0.2, 0.25) is 0 Å². The molecule has 2 saturated carbocycles. The van der Waals surface area contributed by atoms with Gasteiger partial charge in [-0.1, -0.05) is 0 Å². The predicted octanol–water partition coefficient (Wildman–Crippen LogP) is 2.41. The number of aromatic nitrogens is 4. The maximum atomic E-state index is 5.70. The van der Waals surface area contributed by atoms with Gasteiger partial charge in [0.25, 0.3) is 0 Å². The van der Waals surface area contributed by atoms with E-state index in [4.69, 9.17) is 9.72 Å². The third kappa shape index (κ3) is 3.12. The number of hydrogen-bond acceptors (Lipinski definition) is 7. The maximum absolute atomic E-state index is 5.70. The highest BCUT2D eigenvalue weighted by atomic mass is 16.5. The van der Waals surface area contributed by atoms with Gasteiger partial charge in [-0.3, -0.25) is 5.10 Å². The Balaban J connectivity index is 1.38. The largest absolute Gasteiger partial charge is 0.478 e. The summed E-state index contributed by atoms with van der Waals surface area (Å²) in [6, 6.07) is 4.46. The van der Waals surface area contributed by atoms with Crippen molar-refractivity contribution in [2.45, 2.75) is 44.6 Å². The van der Waals surface area contributed by atoms with Gasteiger partial charge in [-0.25, -0.2) is 0 Å². The highest BCUT2D eigenvalue weighted by Crippen LogP contribution is 2.52. The third-order valence-electron chi connectivity index (χ3n) is 5.95. The van der Waals surface area contributed by atoms with Crippen molar-refractivity contribution < 1.29 is 4.74 Å². The Morgan fingerprint density at radius 2 is 2.11 bits per heavy atom. The lowest BCUT2D eigenvalue weighted by Gasteiger charge is -2.36. The molecule has 0 amide bonds. The van der Waals surface area contributed by atoms with Gasteiger partial charge in [0.05, 0.1) is 6.61 Å². The minimum atomic E-state index is 0.374. The van der Waals surface area contributed by atoms with Gasteiger partial charge in [0.2, 0.25) is 11.8 Å². The summed E-state index contributed by atoms with van der Waals surface area (Å²) < 4.78 is 5.70. The molecule has 2 bridgehead atoms. The number of nitrogens with one attached hydrogen (secondary N) is 3.